The number of non-ortho nitro benzene ring substituents is 1. The van der Waals surface area contributed by atoms with Gasteiger partial charge < -0.3 is 9.80 Å². The molecule has 2 aliphatic rings. The number of benzene rings is 1. The van der Waals surface area contributed by atoms with E-state index >= 15 is 0 Å². The average molecular weight is 317 g/mol. The highest BCUT2D eigenvalue weighted by Gasteiger charge is 2.38. The Bertz CT molecular complexity index is 575. The van der Waals surface area contributed by atoms with Crippen molar-refractivity contribution in [3.63, 3.8) is 0 Å². The number of amides is 1. The first-order valence-electron chi connectivity index (χ1n) is 8.39. The van der Waals surface area contributed by atoms with Crippen LogP contribution in [0.15, 0.2) is 24.3 Å². The maximum atomic E-state index is 12.9. The normalized spacial score (nSPS) is 19.5. The van der Waals surface area contributed by atoms with Crippen LogP contribution in [0, 0.1) is 10.1 Å². The van der Waals surface area contributed by atoms with Crippen LogP contribution in [0.25, 0.3) is 0 Å². The molecule has 0 N–H and O–H groups in total. The Hall–Kier alpha value is -1.95. The van der Waals surface area contributed by atoms with Gasteiger partial charge in [-0.2, -0.15) is 0 Å². The highest BCUT2D eigenvalue weighted by atomic mass is 16.6. The second kappa shape index (κ2) is 6.66. The average Bonchev–Trinajstić information content (AvgIpc) is 3.40. The maximum Gasteiger partial charge on any atom is 0.269 e. The Kier molecular flexibility index (Phi) is 4.61. The lowest BCUT2D eigenvalue weighted by atomic mass is 10.0. The molecular weight excluding hydrogens is 294 g/mol. The van der Waals surface area contributed by atoms with Gasteiger partial charge in [-0.15, -0.1) is 0 Å². The van der Waals surface area contributed by atoms with Crippen LogP contribution in [0.1, 0.15) is 43.0 Å². The second-order valence-corrected chi connectivity index (χ2v) is 6.41. The number of likely N-dealkylation sites (tertiary alicyclic amines) is 1. The van der Waals surface area contributed by atoms with Gasteiger partial charge in [-0.1, -0.05) is 6.92 Å². The van der Waals surface area contributed by atoms with Crippen molar-refractivity contribution in [1.29, 1.82) is 0 Å². The summed E-state index contributed by atoms with van der Waals surface area (Å²) in [6, 6.07) is 6.65. The summed E-state index contributed by atoms with van der Waals surface area (Å²) in [6.07, 6.45) is 4.19. The predicted octanol–water partition coefficient (Wildman–Crippen LogP) is 2.68. The number of carbonyl (C=O) groups excluding carboxylic acids is 1. The summed E-state index contributed by atoms with van der Waals surface area (Å²) >= 11 is 0. The third kappa shape index (κ3) is 3.52. The van der Waals surface area contributed by atoms with Crippen LogP contribution >= 0.6 is 0 Å². The van der Waals surface area contributed by atoms with Crippen molar-refractivity contribution in [3.8, 4) is 0 Å². The largest absolute Gasteiger partial charge is 0.333 e. The van der Waals surface area contributed by atoms with Crippen molar-refractivity contribution in [3.05, 3.63) is 39.9 Å². The standard InChI is InChI=1S/C17H23N3O3/c1-2-18-11-9-15(10-12-18)19(14-7-8-14)17(21)13-3-5-16(6-4-13)20(22)23/h3-6,14-15H,2,7-12H2,1H3. The number of nitrogens with zero attached hydrogens (tertiary/aromatic N) is 3. The molecule has 6 heteroatoms. The van der Waals surface area contributed by atoms with Crippen LogP contribution in [0.5, 0.6) is 0 Å². The van der Waals surface area contributed by atoms with Crippen LogP contribution in [0.3, 0.4) is 0 Å². The monoisotopic (exact) mass is 317 g/mol. The van der Waals surface area contributed by atoms with Gasteiger partial charge in [0.05, 0.1) is 4.92 Å². The number of nitro benzene ring substituents is 1. The van der Waals surface area contributed by atoms with Crippen molar-refractivity contribution < 1.29 is 9.72 Å². The first kappa shape index (κ1) is 15.9. The number of piperidine rings is 1. The minimum Gasteiger partial charge on any atom is -0.333 e. The van der Waals surface area contributed by atoms with Gasteiger partial charge in [-0.3, -0.25) is 14.9 Å². The van der Waals surface area contributed by atoms with Gasteiger partial charge in [0.1, 0.15) is 0 Å². The lowest BCUT2D eigenvalue weighted by Crippen LogP contribution is -2.48. The summed E-state index contributed by atoms with van der Waals surface area (Å²) in [5.74, 6) is 0.0253. The Balaban J connectivity index is 1.73. The number of hydrogen-bond donors (Lipinski definition) is 0. The van der Waals surface area contributed by atoms with E-state index in [-0.39, 0.29) is 11.6 Å². The molecule has 0 aromatic heterocycles. The van der Waals surface area contributed by atoms with E-state index < -0.39 is 4.92 Å². The molecule has 0 spiro atoms. The summed E-state index contributed by atoms with van der Waals surface area (Å²) in [7, 11) is 0. The molecule has 1 heterocycles. The first-order chi connectivity index (χ1) is 11.1. The van der Waals surface area contributed by atoms with Crippen molar-refractivity contribution >= 4 is 11.6 Å². The summed E-state index contributed by atoms with van der Waals surface area (Å²) in [5.41, 5.74) is 0.580. The molecule has 1 aliphatic heterocycles. The Morgan fingerprint density at radius 2 is 1.74 bits per heavy atom. The fraction of sp³-hybridized carbons (Fsp3) is 0.588. The van der Waals surface area contributed by atoms with Crippen LogP contribution in [0.4, 0.5) is 5.69 Å². The van der Waals surface area contributed by atoms with Gasteiger partial charge in [0.2, 0.25) is 0 Å². The van der Waals surface area contributed by atoms with Gasteiger partial charge in [0.15, 0.2) is 0 Å². The molecule has 2 fully saturated rings. The molecule has 1 amide bonds. The SMILES string of the molecule is CCN1CCC(N(C(=O)c2ccc([N+](=O)[O-])cc2)C2CC2)CC1. The van der Waals surface area contributed by atoms with Crippen LogP contribution in [0.2, 0.25) is 0 Å². The zero-order chi connectivity index (χ0) is 16.4. The van der Waals surface area contributed by atoms with Crippen molar-refractivity contribution in [2.24, 2.45) is 0 Å². The molecule has 1 aromatic carbocycles. The van der Waals surface area contributed by atoms with Crippen molar-refractivity contribution in [2.75, 3.05) is 19.6 Å². The van der Waals surface area contributed by atoms with Gasteiger partial charge in [0.25, 0.3) is 11.6 Å². The van der Waals surface area contributed by atoms with E-state index in [1.807, 2.05) is 4.90 Å². The molecule has 0 bridgehead atoms. The fourth-order valence-electron chi connectivity index (χ4n) is 3.37. The second-order valence-electron chi connectivity index (χ2n) is 6.41. The minimum absolute atomic E-state index is 0.0239. The van der Waals surface area contributed by atoms with Gasteiger partial charge in [-0.05, 0) is 44.4 Å². The molecule has 0 unspecified atom stereocenters. The number of nitro groups is 1. The molecule has 6 nitrogen and oxygen atoms in total. The number of rotatable bonds is 5. The molecule has 0 atom stereocenters. The maximum absolute atomic E-state index is 12.9. The van der Waals surface area contributed by atoms with E-state index in [4.69, 9.17) is 0 Å². The van der Waals surface area contributed by atoms with E-state index in [2.05, 4.69) is 11.8 Å². The highest BCUT2D eigenvalue weighted by Crippen LogP contribution is 2.33. The van der Waals surface area contributed by atoms with E-state index in [0.717, 1.165) is 45.3 Å². The van der Waals surface area contributed by atoms with Crippen LogP contribution in [-0.2, 0) is 0 Å². The quantitative estimate of drug-likeness (QED) is 0.618. The van der Waals surface area contributed by atoms with E-state index in [1.54, 1.807) is 12.1 Å². The molecule has 1 saturated heterocycles. The summed E-state index contributed by atoms with van der Waals surface area (Å²) in [4.78, 5) is 27.7. The zero-order valence-corrected chi connectivity index (χ0v) is 13.5. The molecule has 1 saturated carbocycles. The van der Waals surface area contributed by atoms with Crippen LogP contribution < -0.4 is 0 Å². The number of carbonyl (C=O) groups is 1. The Morgan fingerprint density at radius 3 is 2.22 bits per heavy atom. The molecular formula is C17H23N3O3. The molecule has 124 valence electrons. The van der Waals surface area contributed by atoms with Crippen molar-refractivity contribution in [2.45, 2.75) is 44.7 Å². The summed E-state index contributed by atoms with van der Waals surface area (Å²) in [6.45, 7) is 5.31. The first-order valence-corrected chi connectivity index (χ1v) is 8.39. The summed E-state index contributed by atoms with van der Waals surface area (Å²) in [5, 5.41) is 10.7. The minimum atomic E-state index is -0.437. The summed E-state index contributed by atoms with van der Waals surface area (Å²) < 4.78 is 0. The van der Waals surface area contributed by atoms with E-state index in [9.17, 15) is 14.9 Å². The third-order valence-electron chi connectivity index (χ3n) is 4.90. The number of hydrogen-bond acceptors (Lipinski definition) is 4. The van der Waals surface area contributed by atoms with Crippen LogP contribution in [-0.4, -0.2) is 52.3 Å². The molecule has 0 radical (unpaired) electrons. The topological polar surface area (TPSA) is 66.7 Å². The third-order valence-corrected chi connectivity index (χ3v) is 4.90. The van der Waals surface area contributed by atoms with Gasteiger partial charge >= 0.3 is 0 Å². The van der Waals surface area contributed by atoms with Gasteiger partial charge in [0, 0.05) is 42.9 Å². The predicted molar refractivity (Wildman–Crippen MR) is 87.4 cm³/mol. The fourth-order valence-corrected chi connectivity index (χ4v) is 3.37. The lowest BCUT2D eigenvalue weighted by Gasteiger charge is -2.38. The highest BCUT2D eigenvalue weighted by molar-refractivity contribution is 5.95. The Labute approximate surface area is 136 Å². The molecule has 23 heavy (non-hydrogen) atoms. The van der Waals surface area contributed by atoms with E-state index in [0.29, 0.717) is 17.6 Å². The molecule has 3 rings (SSSR count). The molecule has 1 aliphatic carbocycles. The van der Waals surface area contributed by atoms with Gasteiger partial charge in [-0.25, -0.2) is 0 Å². The Morgan fingerprint density at radius 1 is 1.17 bits per heavy atom. The molecule has 1 aromatic rings. The smallest absolute Gasteiger partial charge is 0.269 e. The van der Waals surface area contributed by atoms with Crippen molar-refractivity contribution in [1.82, 2.24) is 9.80 Å². The lowest BCUT2D eigenvalue weighted by molar-refractivity contribution is -0.384. The van der Waals surface area contributed by atoms with E-state index in [1.165, 1.54) is 12.1 Å². The zero-order valence-electron chi connectivity index (χ0n) is 13.5.